The molecular weight excluding hydrogens is 284 g/mol. The van der Waals surface area contributed by atoms with Crippen LogP contribution in [0.3, 0.4) is 0 Å². The zero-order valence-corrected chi connectivity index (χ0v) is 9.88. The summed E-state index contributed by atoms with van der Waals surface area (Å²) in [5.41, 5.74) is 0.259. The molecule has 0 bridgehead atoms. The van der Waals surface area contributed by atoms with Gasteiger partial charge in [0.15, 0.2) is 0 Å². The summed E-state index contributed by atoms with van der Waals surface area (Å²) in [5.74, 6) is -4.47. The standard InChI is InChI=1S/C9H8BrF2N3O/c1-9(11,12)4-2-5(16)15-8-6(4)7(10)13-3-14-8/h3-4H,2H2,1H3,(H,13,14,15,16). The molecule has 0 saturated carbocycles. The van der Waals surface area contributed by atoms with Crippen molar-refractivity contribution in [2.75, 3.05) is 5.32 Å². The lowest BCUT2D eigenvalue weighted by Crippen LogP contribution is -2.33. The van der Waals surface area contributed by atoms with Gasteiger partial charge in [-0.15, -0.1) is 0 Å². The number of fused-ring (bicyclic) bond motifs is 1. The van der Waals surface area contributed by atoms with Crippen molar-refractivity contribution in [2.24, 2.45) is 0 Å². The summed E-state index contributed by atoms with van der Waals surface area (Å²) in [4.78, 5) is 18.9. The van der Waals surface area contributed by atoms with Crippen molar-refractivity contribution in [1.82, 2.24) is 9.97 Å². The van der Waals surface area contributed by atoms with E-state index in [1.54, 1.807) is 0 Å². The van der Waals surface area contributed by atoms with Crippen molar-refractivity contribution in [2.45, 2.75) is 25.2 Å². The Kier molecular flexibility index (Phi) is 2.65. The van der Waals surface area contributed by atoms with Crippen molar-refractivity contribution in [3.63, 3.8) is 0 Å². The van der Waals surface area contributed by atoms with Gasteiger partial charge in [-0.3, -0.25) is 4.79 Å². The second-order valence-electron chi connectivity index (χ2n) is 3.69. The summed E-state index contributed by atoms with van der Waals surface area (Å²) in [6.07, 6.45) is 0.946. The highest BCUT2D eigenvalue weighted by Gasteiger charge is 2.42. The largest absolute Gasteiger partial charge is 0.310 e. The number of amides is 1. The average molecular weight is 292 g/mol. The third-order valence-corrected chi connectivity index (χ3v) is 3.07. The molecule has 0 aliphatic carbocycles. The molecular formula is C9H8BrF2N3O. The zero-order chi connectivity index (χ0) is 11.9. The van der Waals surface area contributed by atoms with Crippen LogP contribution in [-0.4, -0.2) is 21.8 Å². The SMILES string of the molecule is CC(F)(F)C1CC(=O)Nc2ncnc(Br)c21. The lowest BCUT2D eigenvalue weighted by molar-refractivity contribution is -0.119. The van der Waals surface area contributed by atoms with E-state index in [9.17, 15) is 13.6 Å². The molecule has 16 heavy (non-hydrogen) atoms. The molecule has 0 fully saturated rings. The van der Waals surface area contributed by atoms with Gasteiger partial charge in [0, 0.05) is 12.0 Å². The molecule has 2 heterocycles. The fourth-order valence-corrected chi connectivity index (χ4v) is 2.24. The molecule has 1 aromatic heterocycles. The number of anilines is 1. The summed E-state index contributed by atoms with van der Waals surface area (Å²) < 4.78 is 27.1. The molecule has 7 heteroatoms. The van der Waals surface area contributed by atoms with Gasteiger partial charge in [0.25, 0.3) is 5.92 Å². The molecule has 1 unspecified atom stereocenters. The van der Waals surface area contributed by atoms with Gasteiger partial charge >= 0.3 is 0 Å². The second-order valence-corrected chi connectivity index (χ2v) is 4.44. The molecule has 1 aromatic rings. The van der Waals surface area contributed by atoms with Crippen LogP contribution >= 0.6 is 15.9 Å². The Balaban J connectivity index is 2.56. The van der Waals surface area contributed by atoms with Gasteiger partial charge in [-0.1, -0.05) is 0 Å². The molecule has 0 saturated heterocycles. The number of alkyl halides is 2. The van der Waals surface area contributed by atoms with Crippen LogP contribution in [0, 0.1) is 0 Å². The molecule has 4 nitrogen and oxygen atoms in total. The lowest BCUT2D eigenvalue weighted by atomic mass is 9.89. The molecule has 1 N–H and O–H groups in total. The summed E-state index contributed by atoms with van der Waals surface area (Å²) in [6, 6.07) is 0. The zero-order valence-electron chi connectivity index (χ0n) is 8.30. The average Bonchev–Trinajstić information content (AvgIpc) is 2.15. The second kappa shape index (κ2) is 3.73. The third kappa shape index (κ3) is 1.91. The van der Waals surface area contributed by atoms with Crippen LogP contribution in [-0.2, 0) is 4.79 Å². The van der Waals surface area contributed by atoms with Gasteiger partial charge in [0.2, 0.25) is 5.91 Å². The van der Waals surface area contributed by atoms with Crippen molar-refractivity contribution in [1.29, 1.82) is 0 Å². The first-order valence-electron chi connectivity index (χ1n) is 4.57. The normalized spacial score (nSPS) is 20.2. The van der Waals surface area contributed by atoms with E-state index in [4.69, 9.17) is 0 Å². The molecule has 1 aliphatic heterocycles. The summed E-state index contributed by atoms with van der Waals surface area (Å²) in [7, 11) is 0. The molecule has 1 atom stereocenters. The van der Waals surface area contributed by atoms with Gasteiger partial charge in [-0.25, -0.2) is 18.7 Å². The molecule has 0 radical (unpaired) electrons. The first-order chi connectivity index (χ1) is 7.39. The van der Waals surface area contributed by atoms with Crippen LogP contribution in [0.4, 0.5) is 14.6 Å². The summed E-state index contributed by atoms with van der Waals surface area (Å²) >= 11 is 3.10. The van der Waals surface area contributed by atoms with Gasteiger partial charge < -0.3 is 5.32 Å². The fourth-order valence-electron chi connectivity index (χ4n) is 1.69. The van der Waals surface area contributed by atoms with E-state index in [2.05, 4.69) is 31.2 Å². The molecule has 1 amide bonds. The monoisotopic (exact) mass is 291 g/mol. The molecule has 0 spiro atoms. The molecule has 1 aliphatic rings. The third-order valence-electron chi connectivity index (χ3n) is 2.44. The Morgan fingerprint density at radius 1 is 1.56 bits per heavy atom. The molecule has 0 aromatic carbocycles. The van der Waals surface area contributed by atoms with Crippen molar-refractivity contribution in [3.05, 3.63) is 16.5 Å². The van der Waals surface area contributed by atoms with Gasteiger partial charge in [0.05, 0.1) is 5.92 Å². The number of nitrogens with zero attached hydrogens (tertiary/aromatic N) is 2. The van der Waals surface area contributed by atoms with Crippen molar-refractivity contribution >= 4 is 27.7 Å². The van der Waals surface area contributed by atoms with Crippen molar-refractivity contribution < 1.29 is 13.6 Å². The maximum absolute atomic E-state index is 13.4. The van der Waals surface area contributed by atoms with Crippen LogP contribution in [0.1, 0.15) is 24.8 Å². The van der Waals surface area contributed by atoms with E-state index in [0.29, 0.717) is 4.60 Å². The van der Waals surface area contributed by atoms with E-state index in [0.717, 1.165) is 6.92 Å². The predicted octanol–water partition coefficient (Wildman–Crippen LogP) is 2.32. The Labute approximate surface area is 98.6 Å². The van der Waals surface area contributed by atoms with Crippen LogP contribution in [0.15, 0.2) is 10.9 Å². The smallest absolute Gasteiger partial charge is 0.252 e. The Bertz CT molecular complexity index is 447. The highest BCUT2D eigenvalue weighted by molar-refractivity contribution is 9.10. The molecule has 2 rings (SSSR count). The Morgan fingerprint density at radius 3 is 2.88 bits per heavy atom. The number of nitrogens with one attached hydrogen (secondary N) is 1. The first kappa shape index (κ1) is 11.4. The van der Waals surface area contributed by atoms with Gasteiger partial charge in [-0.2, -0.15) is 0 Å². The van der Waals surface area contributed by atoms with Crippen LogP contribution in [0.5, 0.6) is 0 Å². The fraction of sp³-hybridized carbons (Fsp3) is 0.444. The summed E-state index contributed by atoms with van der Waals surface area (Å²) in [5, 5.41) is 2.45. The van der Waals surface area contributed by atoms with E-state index < -0.39 is 17.7 Å². The van der Waals surface area contributed by atoms with E-state index >= 15 is 0 Å². The number of carbonyl (C=O) groups excluding carboxylic acids is 1. The number of hydrogen-bond acceptors (Lipinski definition) is 3. The highest BCUT2D eigenvalue weighted by atomic mass is 79.9. The van der Waals surface area contributed by atoms with Gasteiger partial charge in [-0.05, 0) is 22.9 Å². The molecule has 86 valence electrons. The number of halogens is 3. The van der Waals surface area contributed by atoms with E-state index in [-0.39, 0.29) is 17.8 Å². The maximum Gasteiger partial charge on any atom is 0.252 e. The first-order valence-corrected chi connectivity index (χ1v) is 5.37. The van der Waals surface area contributed by atoms with E-state index in [1.165, 1.54) is 6.33 Å². The number of aromatic nitrogens is 2. The Hall–Kier alpha value is -1.11. The van der Waals surface area contributed by atoms with Crippen LogP contribution in [0.25, 0.3) is 0 Å². The van der Waals surface area contributed by atoms with Gasteiger partial charge in [0.1, 0.15) is 16.7 Å². The van der Waals surface area contributed by atoms with Crippen LogP contribution in [0.2, 0.25) is 0 Å². The highest BCUT2D eigenvalue weighted by Crippen LogP contribution is 2.43. The number of carbonyl (C=O) groups is 1. The number of rotatable bonds is 1. The minimum Gasteiger partial charge on any atom is -0.310 e. The quantitative estimate of drug-likeness (QED) is 0.808. The maximum atomic E-state index is 13.4. The lowest BCUT2D eigenvalue weighted by Gasteiger charge is -2.29. The predicted molar refractivity (Wildman–Crippen MR) is 56.3 cm³/mol. The summed E-state index contributed by atoms with van der Waals surface area (Å²) in [6.45, 7) is 0.791. The Morgan fingerprint density at radius 2 is 2.25 bits per heavy atom. The van der Waals surface area contributed by atoms with Crippen molar-refractivity contribution in [3.8, 4) is 0 Å². The topological polar surface area (TPSA) is 54.9 Å². The number of hydrogen-bond donors (Lipinski definition) is 1. The van der Waals surface area contributed by atoms with E-state index in [1.807, 2.05) is 0 Å². The van der Waals surface area contributed by atoms with Crippen LogP contribution < -0.4 is 5.32 Å². The minimum atomic E-state index is -2.99. The minimum absolute atomic E-state index is 0.157.